The van der Waals surface area contributed by atoms with E-state index in [9.17, 15) is 27.2 Å². The molecule has 2 aromatic carbocycles. The van der Waals surface area contributed by atoms with E-state index in [-0.39, 0.29) is 34.7 Å². The maximum atomic E-state index is 14.7. The third-order valence-corrected chi connectivity index (χ3v) is 8.36. The summed E-state index contributed by atoms with van der Waals surface area (Å²) < 4.78 is 61.2. The summed E-state index contributed by atoms with van der Waals surface area (Å²) in [6.07, 6.45) is -1.33. The number of halogens is 4. The molecule has 5 rings (SSSR count). The van der Waals surface area contributed by atoms with Crippen LogP contribution in [0.15, 0.2) is 58.7 Å². The molecule has 0 aliphatic carbocycles. The Morgan fingerprint density at radius 1 is 1.05 bits per heavy atom. The number of ether oxygens (including phenoxy) is 1. The van der Waals surface area contributed by atoms with E-state index in [1.54, 1.807) is 23.3 Å². The molecule has 0 unspecified atom stereocenters. The Balaban J connectivity index is 1.73. The van der Waals surface area contributed by atoms with Gasteiger partial charge in [-0.15, -0.1) is 11.3 Å². The van der Waals surface area contributed by atoms with Crippen molar-refractivity contribution >= 4 is 17.2 Å². The molecule has 1 aliphatic rings. The molecule has 0 spiro atoms. The minimum absolute atomic E-state index is 0.0506. The van der Waals surface area contributed by atoms with Gasteiger partial charge in [0.25, 0.3) is 11.5 Å². The lowest BCUT2D eigenvalue weighted by Crippen LogP contribution is -2.38. The minimum atomic E-state index is -4.47. The van der Waals surface area contributed by atoms with Crippen LogP contribution in [0.5, 0.6) is 5.75 Å². The van der Waals surface area contributed by atoms with E-state index in [2.05, 4.69) is 4.98 Å². The van der Waals surface area contributed by atoms with Crippen molar-refractivity contribution in [3.05, 3.63) is 86.9 Å². The van der Waals surface area contributed by atoms with E-state index in [1.807, 2.05) is 13.8 Å². The molecule has 4 aromatic rings. The van der Waals surface area contributed by atoms with Crippen molar-refractivity contribution in [2.24, 2.45) is 5.92 Å². The Morgan fingerprint density at radius 2 is 1.75 bits per heavy atom. The molecule has 0 radical (unpaired) electrons. The summed E-state index contributed by atoms with van der Waals surface area (Å²) in [5.74, 6) is -0.447. The molecule has 2 aromatic heterocycles. The second-order valence-corrected chi connectivity index (χ2v) is 12.0. The second kappa shape index (κ2) is 12.9. The van der Waals surface area contributed by atoms with E-state index >= 15 is 0 Å². The third-order valence-electron chi connectivity index (χ3n) is 7.48. The lowest BCUT2D eigenvalue weighted by atomic mass is 9.98. The maximum absolute atomic E-state index is 14.7. The van der Waals surface area contributed by atoms with Crippen molar-refractivity contribution < 1.29 is 27.1 Å². The lowest BCUT2D eigenvalue weighted by Gasteiger charge is -2.29. The molecule has 0 atom stereocenters. The molecular weight excluding hydrogens is 594 g/mol. The van der Waals surface area contributed by atoms with Gasteiger partial charge in [-0.05, 0) is 68.9 Å². The Bertz CT molecular complexity index is 1700. The van der Waals surface area contributed by atoms with Gasteiger partial charge < -0.3 is 9.64 Å². The Hall–Kier alpha value is -3.99. The van der Waals surface area contributed by atoms with Crippen LogP contribution in [0.1, 0.15) is 61.6 Å². The number of amides is 1. The van der Waals surface area contributed by atoms with Crippen molar-refractivity contribution in [3.8, 4) is 33.3 Å². The lowest BCUT2D eigenvalue weighted by molar-refractivity contribution is -0.137. The number of benzene rings is 2. The number of nitrogens with zero attached hydrogens (tertiary/aromatic N) is 3. The van der Waals surface area contributed by atoms with Gasteiger partial charge in [-0.25, -0.2) is 9.37 Å². The summed E-state index contributed by atoms with van der Waals surface area (Å²) in [7, 11) is 0. The molecule has 44 heavy (non-hydrogen) atoms. The monoisotopic (exact) mass is 627 g/mol. The fourth-order valence-corrected chi connectivity index (χ4v) is 6.24. The number of likely N-dealkylation sites (tertiary alicyclic amines) is 1. The zero-order valence-corrected chi connectivity index (χ0v) is 25.5. The van der Waals surface area contributed by atoms with Gasteiger partial charge >= 0.3 is 6.18 Å². The third kappa shape index (κ3) is 6.57. The number of rotatable bonds is 8. The van der Waals surface area contributed by atoms with Crippen LogP contribution in [0.4, 0.5) is 17.6 Å². The van der Waals surface area contributed by atoms with Gasteiger partial charge in [0.15, 0.2) is 0 Å². The second-order valence-electron chi connectivity index (χ2n) is 11.2. The number of thiazole rings is 1. The van der Waals surface area contributed by atoms with Crippen LogP contribution in [-0.4, -0.2) is 40.1 Å². The number of carbonyl (C=O) groups is 1. The van der Waals surface area contributed by atoms with Crippen LogP contribution in [0, 0.1) is 11.7 Å². The van der Waals surface area contributed by atoms with Gasteiger partial charge in [0.2, 0.25) is 0 Å². The highest BCUT2D eigenvalue weighted by molar-refractivity contribution is 7.13. The van der Waals surface area contributed by atoms with Gasteiger partial charge in [0, 0.05) is 35.8 Å². The summed E-state index contributed by atoms with van der Waals surface area (Å²) in [4.78, 5) is 34.9. The summed E-state index contributed by atoms with van der Waals surface area (Å²) in [6, 6.07) is 10.1. The number of hydrogen-bond donors (Lipinski definition) is 0. The van der Waals surface area contributed by atoms with E-state index in [1.165, 1.54) is 34.9 Å². The van der Waals surface area contributed by atoms with Crippen molar-refractivity contribution in [1.82, 2.24) is 14.5 Å². The molecular formula is C33H33F4N3O3S. The van der Waals surface area contributed by atoms with Crippen LogP contribution in [0.3, 0.4) is 0 Å². The zero-order chi connectivity index (χ0) is 31.6. The first-order chi connectivity index (χ1) is 21.0. The Morgan fingerprint density at radius 3 is 2.39 bits per heavy atom. The SMILES string of the molecule is CCOc1ccc(F)cc1-n1c(CC(C)C)c(C(=O)N2CCCCC2)cc(-c2nc(-c3ccc(C(F)(F)F)cc3)cs2)c1=O. The van der Waals surface area contributed by atoms with Gasteiger partial charge in [0.05, 0.1) is 34.7 Å². The number of aromatic nitrogens is 2. The number of hydrogen-bond acceptors (Lipinski definition) is 5. The number of carbonyl (C=O) groups excluding carboxylic acids is 1. The van der Waals surface area contributed by atoms with E-state index < -0.39 is 23.1 Å². The smallest absolute Gasteiger partial charge is 0.416 e. The average Bonchev–Trinajstić information content (AvgIpc) is 3.48. The number of alkyl halides is 3. The number of piperidine rings is 1. The topological polar surface area (TPSA) is 64.4 Å². The molecule has 1 saturated heterocycles. The van der Waals surface area contributed by atoms with Gasteiger partial charge in [0.1, 0.15) is 16.6 Å². The molecule has 1 aliphatic heterocycles. The Kier molecular flexibility index (Phi) is 9.24. The molecule has 0 N–H and O–H groups in total. The molecule has 1 fully saturated rings. The summed E-state index contributed by atoms with van der Waals surface area (Å²) in [5.41, 5.74) is 0.654. The van der Waals surface area contributed by atoms with Gasteiger partial charge in [-0.1, -0.05) is 26.0 Å². The molecule has 0 saturated carbocycles. The minimum Gasteiger partial charge on any atom is -0.492 e. The fourth-order valence-electron chi connectivity index (χ4n) is 5.40. The predicted octanol–water partition coefficient (Wildman–Crippen LogP) is 8.01. The first kappa shape index (κ1) is 31.4. The molecule has 6 nitrogen and oxygen atoms in total. The predicted molar refractivity (Wildman–Crippen MR) is 163 cm³/mol. The molecule has 0 bridgehead atoms. The summed E-state index contributed by atoms with van der Waals surface area (Å²) >= 11 is 1.14. The Labute approximate surface area is 256 Å². The van der Waals surface area contributed by atoms with Gasteiger partial charge in [-0.2, -0.15) is 13.2 Å². The largest absolute Gasteiger partial charge is 0.492 e. The van der Waals surface area contributed by atoms with Crippen LogP contribution in [0.25, 0.3) is 27.5 Å². The highest BCUT2D eigenvalue weighted by atomic mass is 32.1. The molecule has 3 heterocycles. The van der Waals surface area contributed by atoms with E-state index in [0.29, 0.717) is 47.8 Å². The van der Waals surface area contributed by atoms with Crippen LogP contribution >= 0.6 is 11.3 Å². The highest BCUT2D eigenvalue weighted by Gasteiger charge is 2.31. The van der Waals surface area contributed by atoms with Crippen molar-refractivity contribution in [2.75, 3.05) is 19.7 Å². The maximum Gasteiger partial charge on any atom is 0.416 e. The van der Waals surface area contributed by atoms with Crippen LogP contribution < -0.4 is 10.3 Å². The van der Waals surface area contributed by atoms with Crippen LogP contribution in [0.2, 0.25) is 0 Å². The highest BCUT2D eigenvalue weighted by Crippen LogP contribution is 2.34. The summed E-state index contributed by atoms with van der Waals surface area (Å²) in [5, 5.41) is 1.95. The molecule has 1 amide bonds. The quantitative estimate of drug-likeness (QED) is 0.186. The van der Waals surface area contributed by atoms with Crippen molar-refractivity contribution in [1.29, 1.82) is 0 Å². The van der Waals surface area contributed by atoms with Crippen LogP contribution in [-0.2, 0) is 12.6 Å². The zero-order valence-electron chi connectivity index (χ0n) is 24.7. The fraction of sp³-hybridized carbons (Fsp3) is 0.364. The van der Waals surface area contributed by atoms with Crippen molar-refractivity contribution in [3.63, 3.8) is 0 Å². The first-order valence-electron chi connectivity index (χ1n) is 14.6. The molecule has 232 valence electrons. The normalized spacial score (nSPS) is 13.9. The summed E-state index contributed by atoms with van der Waals surface area (Å²) in [6.45, 7) is 7.19. The van der Waals surface area contributed by atoms with E-state index in [0.717, 1.165) is 42.7 Å². The number of pyridine rings is 1. The molecule has 11 heteroatoms. The van der Waals surface area contributed by atoms with Gasteiger partial charge in [-0.3, -0.25) is 14.2 Å². The first-order valence-corrected chi connectivity index (χ1v) is 15.5. The van der Waals surface area contributed by atoms with Crippen molar-refractivity contribution in [2.45, 2.75) is 52.6 Å². The average molecular weight is 628 g/mol. The standard InChI is InChI=1S/C33H33F4N3O3S/c1-4-43-29-13-12-23(34)17-28(29)40-27(16-20(2)3)24(31(41)39-14-6-5-7-15-39)18-25(32(40)42)30-38-26(19-44-30)21-8-10-22(11-9-21)33(35,36)37/h8-13,17-20H,4-7,14-16H2,1-3H3. The van der Waals surface area contributed by atoms with E-state index in [4.69, 9.17) is 4.74 Å².